The number of halogens is 3. The number of anilines is 1. The van der Waals surface area contributed by atoms with Crippen molar-refractivity contribution in [3.8, 4) is 5.82 Å². The Kier molecular flexibility index (Phi) is 7.37. The quantitative estimate of drug-likeness (QED) is 0.378. The topological polar surface area (TPSA) is 109 Å². The fourth-order valence-electron chi connectivity index (χ4n) is 4.28. The number of rotatable bonds is 8. The summed E-state index contributed by atoms with van der Waals surface area (Å²) >= 11 is 0. The van der Waals surface area contributed by atoms with Crippen molar-refractivity contribution in [2.24, 2.45) is 5.92 Å². The second kappa shape index (κ2) is 10.6. The van der Waals surface area contributed by atoms with Crippen LogP contribution in [-0.4, -0.2) is 31.5 Å². The van der Waals surface area contributed by atoms with E-state index in [9.17, 15) is 22.8 Å². The van der Waals surface area contributed by atoms with E-state index in [1.807, 2.05) is 12.1 Å². The SMILES string of the molecule is O=C(O)/C=C/NC(=O)c1ccc([C@H](Nc2ccc(-n3cnc(C(F)(F)F)c3)nc2)C2CCCC2)cc1. The van der Waals surface area contributed by atoms with Gasteiger partial charge in [-0.15, -0.1) is 0 Å². The smallest absolute Gasteiger partial charge is 0.434 e. The number of carbonyl (C=O) groups excluding carboxylic acids is 1. The third-order valence-electron chi connectivity index (χ3n) is 6.05. The number of carboxylic acids is 1. The Morgan fingerprint density at radius 2 is 1.81 bits per heavy atom. The number of imidazole rings is 1. The van der Waals surface area contributed by atoms with E-state index in [2.05, 4.69) is 20.6 Å². The van der Waals surface area contributed by atoms with Crippen molar-refractivity contribution in [3.63, 3.8) is 0 Å². The lowest BCUT2D eigenvalue weighted by atomic mass is 9.91. The Hall–Kier alpha value is -4.15. The van der Waals surface area contributed by atoms with Crippen molar-refractivity contribution in [2.45, 2.75) is 37.9 Å². The van der Waals surface area contributed by atoms with E-state index in [-0.39, 0.29) is 6.04 Å². The van der Waals surface area contributed by atoms with Gasteiger partial charge in [-0.05, 0) is 48.6 Å². The highest BCUT2D eigenvalue weighted by atomic mass is 19.4. The maximum atomic E-state index is 12.8. The van der Waals surface area contributed by atoms with Gasteiger partial charge in [-0.2, -0.15) is 13.2 Å². The van der Waals surface area contributed by atoms with Crippen molar-refractivity contribution < 1.29 is 27.9 Å². The zero-order chi connectivity index (χ0) is 25.7. The van der Waals surface area contributed by atoms with Gasteiger partial charge in [0, 0.05) is 24.0 Å². The molecule has 1 aliphatic rings. The predicted octanol–water partition coefficient (Wildman–Crippen LogP) is 4.96. The second-order valence-electron chi connectivity index (χ2n) is 8.50. The van der Waals surface area contributed by atoms with Gasteiger partial charge in [-0.1, -0.05) is 25.0 Å². The third-order valence-corrected chi connectivity index (χ3v) is 6.05. The lowest BCUT2D eigenvalue weighted by Gasteiger charge is -2.26. The van der Waals surface area contributed by atoms with Gasteiger partial charge in [-0.25, -0.2) is 14.8 Å². The van der Waals surface area contributed by atoms with Gasteiger partial charge in [-0.3, -0.25) is 9.36 Å². The summed E-state index contributed by atoms with van der Waals surface area (Å²) < 4.78 is 39.7. The van der Waals surface area contributed by atoms with Crippen LogP contribution in [0.25, 0.3) is 5.82 Å². The minimum absolute atomic E-state index is 0.0470. The first-order valence-corrected chi connectivity index (χ1v) is 11.3. The first kappa shape index (κ1) is 25.0. The van der Waals surface area contributed by atoms with Crippen LogP contribution in [-0.2, 0) is 11.0 Å². The average Bonchev–Trinajstić information content (AvgIpc) is 3.55. The number of carbonyl (C=O) groups is 2. The summed E-state index contributed by atoms with van der Waals surface area (Å²) in [7, 11) is 0. The van der Waals surface area contributed by atoms with E-state index in [1.165, 1.54) is 4.57 Å². The van der Waals surface area contributed by atoms with Crippen LogP contribution in [0.2, 0.25) is 0 Å². The summed E-state index contributed by atoms with van der Waals surface area (Å²) in [6, 6.07) is 10.4. The molecule has 188 valence electrons. The van der Waals surface area contributed by atoms with Gasteiger partial charge < -0.3 is 15.7 Å². The largest absolute Gasteiger partial charge is 0.478 e. The maximum Gasteiger partial charge on any atom is 0.434 e. The van der Waals surface area contributed by atoms with Crippen molar-refractivity contribution in [1.82, 2.24) is 19.9 Å². The summed E-state index contributed by atoms with van der Waals surface area (Å²) in [5, 5.41) is 14.5. The molecule has 2 aromatic heterocycles. The molecule has 3 N–H and O–H groups in total. The van der Waals surface area contributed by atoms with E-state index >= 15 is 0 Å². The van der Waals surface area contributed by atoms with Crippen LogP contribution in [0.5, 0.6) is 0 Å². The summed E-state index contributed by atoms with van der Waals surface area (Å²) in [6.45, 7) is 0. The van der Waals surface area contributed by atoms with E-state index in [0.29, 0.717) is 23.0 Å². The Morgan fingerprint density at radius 3 is 2.39 bits per heavy atom. The molecule has 1 atom stereocenters. The molecule has 0 aliphatic heterocycles. The van der Waals surface area contributed by atoms with Gasteiger partial charge in [0.15, 0.2) is 5.69 Å². The Balaban J connectivity index is 1.49. The molecule has 4 rings (SSSR count). The molecule has 2 heterocycles. The number of hydrogen-bond donors (Lipinski definition) is 3. The van der Waals surface area contributed by atoms with Gasteiger partial charge in [0.05, 0.1) is 17.9 Å². The first-order chi connectivity index (χ1) is 17.2. The molecule has 1 aromatic carbocycles. The highest BCUT2D eigenvalue weighted by molar-refractivity contribution is 5.95. The number of aromatic nitrogens is 3. The van der Waals surface area contributed by atoms with Gasteiger partial charge in [0.1, 0.15) is 12.1 Å². The molecule has 8 nitrogen and oxygen atoms in total. The van der Waals surface area contributed by atoms with Crippen molar-refractivity contribution >= 4 is 17.6 Å². The molecule has 36 heavy (non-hydrogen) atoms. The van der Waals surface area contributed by atoms with Gasteiger partial charge in [0.2, 0.25) is 0 Å². The van der Waals surface area contributed by atoms with Crippen LogP contribution < -0.4 is 10.6 Å². The minimum atomic E-state index is -4.52. The van der Waals surface area contributed by atoms with Crippen LogP contribution in [0.15, 0.2) is 67.4 Å². The lowest BCUT2D eigenvalue weighted by molar-refractivity contribution is -0.141. The summed E-state index contributed by atoms with van der Waals surface area (Å²) in [4.78, 5) is 30.4. The summed E-state index contributed by atoms with van der Waals surface area (Å²) in [6.07, 6.45) is 5.27. The Bertz CT molecular complexity index is 1230. The number of pyridine rings is 1. The molecule has 11 heteroatoms. The zero-order valence-electron chi connectivity index (χ0n) is 19.1. The van der Waals surface area contributed by atoms with Crippen molar-refractivity contribution in [1.29, 1.82) is 0 Å². The van der Waals surface area contributed by atoms with Crippen LogP contribution in [0.4, 0.5) is 18.9 Å². The molecular weight excluding hydrogens is 475 g/mol. The third kappa shape index (κ3) is 6.09. The van der Waals surface area contributed by atoms with Gasteiger partial charge >= 0.3 is 12.1 Å². The summed E-state index contributed by atoms with van der Waals surface area (Å²) in [5.41, 5.74) is 1.10. The predicted molar refractivity (Wildman–Crippen MR) is 125 cm³/mol. The Morgan fingerprint density at radius 1 is 1.08 bits per heavy atom. The van der Waals surface area contributed by atoms with E-state index in [0.717, 1.165) is 56.0 Å². The molecule has 0 spiro atoms. The first-order valence-electron chi connectivity index (χ1n) is 11.3. The average molecular weight is 499 g/mol. The van der Waals surface area contributed by atoms with Crippen LogP contribution in [0.1, 0.15) is 53.3 Å². The van der Waals surface area contributed by atoms with E-state index in [4.69, 9.17) is 5.11 Å². The number of benzene rings is 1. The molecule has 3 aromatic rings. The molecule has 0 bridgehead atoms. The molecule has 0 radical (unpaired) electrons. The molecule has 1 aliphatic carbocycles. The number of hydrogen-bond acceptors (Lipinski definition) is 5. The molecule has 1 amide bonds. The van der Waals surface area contributed by atoms with Crippen LogP contribution in [0, 0.1) is 5.92 Å². The zero-order valence-corrected chi connectivity index (χ0v) is 19.1. The standard InChI is InChI=1S/C25H24F3N5O3/c26-25(27,28)20-14-33(15-31-20)21-10-9-19(13-30-21)32-23(16-3-1-2-4-16)17-5-7-18(8-6-17)24(36)29-12-11-22(34)35/h5-16,23,32H,1-4H2,(H,29,36)(H,34,35)/b12-11+/t23-/m1/s1. The number of aliphatic carboxylic acids is 1. The fourth-order valence-corrected chi connectivity index (χ4v) is 4.28. The number of nitrogens with one attached hydrogen (secondary N) is 2. The van der Waals surface area contributed by atoms with Crippen molar-refractivity contribution in [2.75, 3.05) is 5.32 Å². The molecule has 0 unspecified atom stereocenters. The summed E-state index contributed by atoms with van der Waals surface area (Å²) in [5.74, 6) is -0.897. The minimum Gasteiger partial charge on any atom is -0.478 e. The number of nitrogens with zero attached hydrogens (tertiary/aromatic N) is 3. The number of carboxylic acid groups (broad SMARTS) is 1. The molecule has 1 saturated carbocycles. The van der Waals surface area contributed by atoms with Crippen molar-refractivity contribution in [3.05, 3.63) is 84.2 Å². The normalized spacial score (nSPS) is 15.2. The highest BCUT2D eigenvalue weighted by Gasteiger charge is 2.33. The van der Waals surface area contributed by atoms with E-state index < -0.39 is 23.7 Å². The number of amides is 1. The lowest BCUT2D eigenvalue weighted by Crippen LogP contribution is -2.20. The fraction of sp³-hybridized carbons (Fsp3) is 0.280. The van der Waals surface area contributed by atoms with E-state index in [1.54, 1.807) is 30.5 Å². The molecular formula is C25H24F3N5O3. The highest BCUT2D eigenvalue weighted by Crippen LogP contribution is 2.38. The monoisotopic (exact) mass is 499 g/mol. The maximum absolute atomic E-state index is 12.8. The molecule has 1 fully saturated rings. The van der Waals surface area contributed by atoms with Crippen LogP contribution >= 0.6 is 0 Å². The van der Waals surface area contributed by atoms with Gasteiger partial charge in [0.25, 0.3) is 5.91 Å². The number of alkyl halides is 3. The second-order valence-corrected chi connectivity index (χ2v) is 8.50. The Labute approximate surface area is 204 Å². The van der Waals surface area contributed by atoms with Crippen LogP contribution in [0.3, 0.4) is 0 Å². The molecule has 0 saturated heterocycles.